The van der Waals surface area contributed by atoms with Crippen LogP contribution in [0.25, 0.3) is 0 Å². The van der Waals surface area contributed by atoms with Crippen molar-refractivity contribution in [2.75, 3.05) is 11.9 Å². The lowest BCUT2D eigenvalue weighted by atomic mass is 10.1. The van der Waals surface area contributed by atoms with Gasteiger partial charge in [0.1, 0.15) is 0 Å². The van der Waals surface area contributed by atoms with E-state index in [1.165, 1.54) is 6.92 Å². The second kappa shape index (κ2) is 6.89. The van der Waals surface area contributed by atoms with Crippen LogP contribution in [0.1, 0.15) is 31.1 Å². The third-order valence-corrected chi connectivity index (χ3v) is 2.79. The molecule has 1 unspecified atom stereocenters. The van der Waals surface area contributed by atoms with Gasteiger partial charge in [0.15, 0.2) is 5.78 Å². The number of rotatable bonds is 5. The maximum absolute atomic E-state index is 11.6. The number of nitrogens with one attached hydrogen (secondary N) is 2. The van der Waals surface area contributed by atoms with Gasteiger partial charge in [0.25, 0.3) is 0 Å². The first-order valence-electron chi connectivity index (χ1n) is 6.24. The zero-order valence-electron chi connectivity index (χ0n) is 11.4. The van der Waals surface area contributed by atoms with Crippen LogP contribution < -0.4 is 10.6 Å². The minimum Gasteiger partial charge on any atom is -0.391 e. The summed E-state index contributed by atoms with van der Waals surface area (Å²) in [7, 11) is 0. The number of urea groups is 1. The van der Waals surface area contributed by atoms with Gasteiger partial charge in [0.2, 0.25) is 0 Å². The van der Waals surface area contributed by atoms with E-state index in [4.69, 9.17) is 0 Å². The van der Waals surface area contributed by atoms with E-state index in [0.717, 1.165) is 0 Å². The van der Waals surface area contributed by atoms with Gasteiger partial charge in [-0.05, 0) is 37.1 Å². The molecule has 0 radical (unpaired) electrons. The van der Waals surface area contributed by atoms with Crippen molar-refractivity contribution in [1.29, 1.82) is 0 Å². The topological polar surface area (TPSA) is 78.4 Å². The number of carbonyl (C=O) groups excluding carboxylic acids is 2. The third kappa shape index (κ3) is 5.09. The number of Topliss-reactive ketones (excluding diaryl/α,β-unsaturated/α-hetero) is 1. The molecule has 0 aliphatic carbocycles. The van der Waals surface area contributed by atoms with Crippen molar-refractivity contribution in [3.63, 3.8) is 0 Å². The summed E-state index contributed by atoms with van der Waals surface area (Å²) in [5, 5.41) is 14.8. The Bertz CT molecular complexity index is 441. The Morgan fingerprint density at radius 2 is 1.79 bits per heavy atom. The Hall–Kier alpha value is -1.88. The quantitative estimate of drug-likeness (QED) is 0.712. The maximum Gasteiger partial charge on any atom is 0.319 e. The summed E-state index contributed by atoms with van der Waals surface area (Å²) < 4.78 is 0. The van der Waals surface area contributed by atoms with Crippen molar-refractivity contribution in [3.8, 4) is 0 Å². The van der Waals surface area contributed by atoms with Crippen molar-refractivity contribution in [1.82, 2.24) is 5.32 Å². The third-order valence-electron chi connectivity index (χ3n) is 2.79. The average Bonchev–Trinajstić information content (AvgIpc) is 2.36. The molecule has 104 valence electrons. The van der Waals surface area contributed by atoms with Crippen LogP contribution in [0, 0.1) is 5.92 Å². The molecule has 0 heterocycles. The van der Waals surface area contributed by atoms with Crippen molar-refractivity contribution in [2.45, 2.75) is 26.9 Å². The van der Waals surface area contributed by atoms with Crippen molar-refractivity contribution in [2.24, 2.45) is 5.92 Å². The monoisotopic (exact) mass is 264 g/mol. The molecule has 2 amide bonds. The van der Waals surface area contributed by atoms with Crippen LogP contribution in [0.5, 0.6) is 0 Å². The van der Waals surface area contributed by atoms with E-state index in [1.54, 1.807) is 24.3 Å². The standard InChI is InChI=1S/C14H20N2O3/c1-9(2)13(18)8-15-14(19)16-12-6-4-11(5-7-12)10(3)17/h4-7,9,13,18H,8H2,1-3H3,(H2,15,16,19). The molecule has 3 N–H and O–H groups in total. The molecule has 0 fully saturated rings. The molecule has 0 saturated carbocycles. The summed E-state index contributed by atoms with van der Waals surface area (Å²) >= 11 is 0. The molecule has 5 nitrogen and oxygen atoms in total. The van der Waals surface area contributed by atoms with E-state index < -0.39 is 6.10 Å². The van der Waals surface area contributed by atoms with Crippen LogP contribution in [0.3, 0.4) is 0 Å². The van der Waals surface area contributed by atoms with Crippen LogP contribution in [-0.4, -0.2) is 29.6 Å². The van der Waals surface area contributed by atoms with Gasteiger partial charge in [-0.15, -0.1) is 0 Å². The fraction of sp³-hybridized carbons (Fsp3) is 0.429. The molecule has 0 aliphatic heterocycles. The van der Waals surface area contributed by atoms with Gasteiger partial charge in [-0.25, -0.2) is 4.79 Å². The lowest BCUT2D eigenvalue weighted by Crippen LogP contribution is -2.37. The second-order valence-electron chi connectivity index (χ2n) is 4.78. The van der Waals surface area contributed by atoms with Gasteiger partial charge in [-0.1, -0.05) is 13.8 Å². The van der Waals surface area contributed by atoms with Crippen LogP contribution in [0.2, 0.25) is 0 Å². The number of hydrogen-bond donors (Lipinski definition) is 3. The first-order valence-corrected chi connectivity index (χ1v) is 6.24. The van der Waals surface area contributed by atoms with Crippen LogP contribution in [-0.2, 0) is 0 Å². The molecule has 19 heavy (non-hydrogen) atoms. The van der Waals surface area contributed by atoms with E-state index in [-0.39, 0.29) is 24.3 Å². The van der Waals surface area contributed by atoms with Gasteiger partial charge in [-0.2, -0.15) is 0 Å². The first-order chi connectivity index (χ1) is 8.90. The Kier molecular flexibility index (Phi) is 5.51. The van der Waals surface area contributed by atoms with Crippen LogP contribution >= 0.6 is 0 Å². The summed E-state index contributed by atoms with van der Waals surface area (Å²) in [6.07, 6.45) is -0.564. The molecular weight excluding hydrogens is 244 g/mol. The summed E-state index contributed by atoms with van der Waals surface area (Å²) in [4.78, 5) is 22.7. The van der Waals surface area contributed by atoms with Crippen molar-refractivity contribution in [3.05, 3.63) is 29.8 Å². The number of hydrogen-bond acceptors (Lipinski definition) is 3. The van der Waals surface area contributed by atoms with Gasteiger partial charge in [0.05, 0.1) is 6.10 Å². The number of carbonyl (C=O) groups is 2. The lowest BCUT2D eigenvalue weighted by Gasteiger charge is -2.15. The normalized spacial score (nSPS) is 12.1. The molecule has 0 bridgehead atoms. The Labute approximate surface area is 113 Å². The van der Waals surface area contributed by atoms with E-state index in [2.05, 4.69) is 10.6 Å². The highest BCUT2D eigenvalue weighted by molar-refractivity contribution is 5.95. The van der Waals surface area contributed by atoms with Gasteiger partial charge < -0.3 is 15.7 Å². The van der Waals surface area contributed by atoms with E-state index >= 15 is 0 Å². The van der Waals surface area contributed by atoms with E-state index in [0.29, 0.717) is 11.3 Å². The Morgan fingerprint density at radius 3 is 2.26 bits per heavy atom. The van der Waals surface area contributed by atoms with Gasteiger partial charge >= 0.3 is 6.03 Å². The SMILES string of the molecule is CC(=O)c1ccc(NC(=O)NCC(O)C(C)C)cc1. The maximum atomic E-state index is 11.6. The molecule has 1 aromatic carbocycles. The highest BCUT2D eigenvalue weighted by Crippen LogP contribution is 2.09. The zero-order valence-corrected chi connectivity index (χ0v) is 11.4. The molecule has 1 atom stereocenters. The summed E-state index contributed by atoms with van der Waals surface area (Å²) in [5.41, 5.74) is 1.20. The summed E-state index contributed by atoms with van der Waals surface area (Å²) in [5.74, 6) is 0.0752. The molecule has 1 aromatic rings. The highest BCUT2D eigenvalue weighted by Gasteiger charge is 2.10. The highest BCUT2D eigenvalue weighted by atomic mass is 16.3. The number of ketones is 1. The summed E-state index contributed by atoms with van der Waals surface area (Å²) in [6, 6.07) is 6.25. The summed E-state index contributed by atoms with van der Waals surface area (Å²) in [6.45, 7) is 5.45. The van der Waals surface area contributed by atoms with Gasteiger partial charge in [0, 0.05) is 17.8 Å². The van der Waals surface area contributed by atoms with Crippen molar-refractivity contribution < 1.29 is 14.7 Å². The average molecular weight is 264 g/mol. The Balaban J connectivity index is 2.46. The van der Waals surface area contributed by atoms with Crippen LogP contribution in [0.4, 0.5) is 10.5 Å². The fourth-order valence-corrected chi connectivity index (χ4v) is 1.40. The molecule has 0 saturated heterocycles. The van der Waals surface area contributed by atoms with Crippen LogP contribution in [0.15, 0.2) is 24.3 Å². The van der Waals surface area contributed by atoms with Crippen molar-refractivity contribution >= 4 is 17.5 Å². The zero-order chi connectivity index (χ0) is 14.4. The predicted octanol–water partition coefficient (Wildman–Crippen LogP) is 2.03. The molecule has 1 rings (SSSR count). The second-order valence-corrected chi connectivity index (χ2v) is 4.78. The smallest absolute Gasteiger partial charge is 0.319 e. The minimum atomic E-state index is -0.564. The first kappa shape index (κ1) is 15.2. The lowest BCUT2D eigenvalue weighted by molar-refractivity contribution is 0.101. The molecule has 0 spiro atoms. The largest absolute Gasteiger partial charge is 0.391 e. The number of benzene rings is 1. The Morgan fingerprint density at radius 1 is 1.21 bits per heavy atom. The number of aliphatic hydroxyl groups is 1. The fourth-order valence-electron chi connectivity index (χ4n) is 1.40. The molecule has 5 heteroatoms. The van der Waals surface area contributed by atoms with Gasteiger partial charge in [-0.3, -0.25) is 4.79 Å². The number of amides is 2. The minimum absolute atomic E-state index is 0.0175. The molecule has 0 aliphatic rings. The molecular formula is C14H20N2O3. The number of anilines is 1. The van der Waals surface area contributed by atoms with E-state index in [1.807, 2.05) is 13.8 Å². The number of aliphatic hydroxyl groups excluding tert-OH is 1. The van der Waals surface area contributed by atoms with E-state index in [9.17, 15) is 14.7 Å². The predicted molar refractivity (Wildman–Crippen MR) is 74.3 cm³/mol. The molecule has 0 aromatic heterocycles.